The Balaban J connectivity index is 2.67. The van der Waals surface area contributed by atoms with Gasteiger partial charge in [-0.15, -0.1) is 0 Å². The quantitative estimate of drug-likeness (QED) is 0.809. The third-order valence-corrected chi connectivity index (χ3v) is 2.12. The molecule has 0 fully saturated rings. The average Bonchev–Trinajstić information content (AvgIpc) is 2.35. The number of amides is 1. The Morgan fingerprint density at radius 1 is 1.29 bits per heavy atom. The van der Waals surface area contributed by atoms with Crippen molar-refractivity contribution in [1.82, 2.24) is 5.32 Å². The van der Waals surface area contributed by atoms with Gasteiger partial charge in [0.1, 0.15) is 23.3 Å². The Bertz CT molecular complexity index is 647. The lowest BCUT2D eigenvalue weighted by Crippen LogP contribution is -2.32. The minimum atomic E-state index is -0.844. The Labute approximate surface area is 121 Å². The van der Waals surface area contributed by atoms with Gasteiger partial charge >= 0.3 is 6.09 Å². The number of halogens is 2. The number of rotatable bonds is 1. The van der Waals surface area contributed by atoms with Gasteiger partial charge in [0, 0.05) is 0 Å². The number of nitrogens with zero attached hydrogens (tertiary/aromatic N) is 1. The molecule has 0 atom stereocenters. The van der Waals surface area contributed by atoms with Crippen molar-refractivity contribution in [2.75, 3.05) is 6.54 Å². The molecule has 4 nitrogen and oxygen atoms in total. The summed E-state index contributed by atoms with van der Waals surface area (Å²) in [6, 6.07) is 3.15. The van der Waals surface area contributed by atoms with Crippen molar-refractivity contribution in [3.05, 3.63) is 34.9 Å². The number of benzene rings is 1. The van der Waals surface area contributed by atoms with Crippen molar-refractivity contribution in [3.8, 4) is 17.9 Å². The number of ether oxygens (including phenoxy) is 1. The van der Waals surface area contributed by atoms with E-state index in [1.807, 2.05) is 0 Å². The Hall–Kier alpha value is -2.60. The molecule has 1 amide bonds. The van der Waals surface area contributed by atoms with Gasteiger partial charge in [0.25, 0.3) is 0 Å². The molecule has 6 heteroatoms. The fourth-order valence-electron chi connectivity index (χ4n) is 1.30. The summed E-state index contributed by atoms with van der Waals surface area (Å²) in [5.74, 6) is 3.21. The molecule has 0 heterocycles. The van der Waals surface area contributed by atoms with Gasteiger partial charge < -0.3 is 10.1 Å². The lowest BCUT2D eigenvalue weighted by molar-refractivity contribution is 0.0535. The normalized spacial score (nSPS) is 10.1. The van der Waals surface area contributed by atoms with Crippen molar-refractivity contribution < 1.29 is 18.3 Å². The number of nitriles is 1. The number of hydrogen-bond donors (Lipinski definition) is 1. The predicted octanol–water partition coefficient (Wildman–Crippen LogP) is 2.71. The summed E-state index contributed by atoms with van der Waals surface area (Å²) in [6.07, 6.45) is -0.650. The second kappa shape index (κ2) is 6.71. The van der Waals surface area contributed by atoms with Gasteiger partial charge in [0.15, 0.2) is 0 Å². The van der Waals surface area contributed by atoms with Gasteiger partial charge in [-0.2, -0.15) is 5.26 Å². The summed E-state index contributed by atoms with van der Waals surface area (Å²) in [5.41, 5.74) is -1.19. The van der Waals surface area contributed by atoms with Gasteiger partial charge in [0.05, 0.1) is 17.7 Å². The summed E-state index contributed by atoms with van der Waals surface area (Å²) >= 11 is 0. The van der Waals surface area contributed by atoms with Crippen LogP contribution in [0, 0.1) is 34.8 Å². The molecule has 110 valence electrons. The smallest absolute Gasteiger partial charge is 0.408 e. The SMILES string of the molecule is CC(C)(C)OC(=O)NCC#Cc1cc(F)c(C#N)cc1F. The predicted molar refractivity (Wildman–Crippen MR) is 72.2 cm³/mol. The first-order valence-electron chi connectivity index (χ1n) is 6.08. The lowest BCUT2D eigenvalue weighted by atomic mass is 10.1. The minimum absolute atomic E-state index is 0.0734. The van der Waals surface area contributed by atoms with Gasteiger partial charge in [-0.05, 0) is 32.9 Å². The van der Waals surface area contributed by atoms with Crippen LogP contribution in [0.25, 0.3) is 0 Å². The summed E-state index contributed by atoms with van der Waals surface area (Å²) < 4.78 is 31.8. The maximum absolute atomic E-state index is 13.5. The maximum Gasteiger partial charge on any atom is 0.408 e. The minimum Gasteiger partial charge on any atom is -0.444 e. The molecule has 1 rings (SSSR count). The highest BCUT2D eigenvalue weighted by molar-refractivity contribution is 5.68. The van der Waals surface area contributed by atoms with Gasteiger partial charge in [-0.25, -0.2) is 13.6 Å². The third-order valence-electron chi connectivity index (χ3n) is 2.12. The second-order valence-corrected chi connectivity index (χ2v) is 5.08. The van der Waals surface area contributed by atoms with E-state index >= 15 is 0 Å². The molecule has 21 heavy (non-hydrogen) atoms. The highest BCUT2D eigenvalue weighted by Gasteiger charge is 2.15. The molecule has 1 aromatic carbocycles. The second-order valence-electron chi connectivity index (χ2n) is 5.08. The maximum atomic E-state index is 13.5. The zero-order chi connectivity index (χ0) is 16.0. The van der Waals surface area contributed by atoms with Gasteiger partial charge in [0.2, 0.25) is 0 Å². The Morgan fingerprint density at radius 3 is 2.43 bits per heavy atom. The molecule has 0 spiro atoms. The summed E-state index contributed by atoms with van der Waals surface area (Å²) in [4.78, 5) is 11.3. The van der Waals surface area contributed by atoms with E-state index in [0.717, 1.165) is 12.1 Å². The van der Waals surface area contributed by atoms with E-state index in [9.17, 15) is 13.6 Å². The molecular weight excluding hydrogens is 278 g/mol. The van der Waals surface area contributed by atoms with Gasteiger partial charge in [-0.1, -0.05) is 11.8 Å². The fourth-order valence-corrected chi connectivity index (χ4v) is 1.30. The van der Waals surface area contributed by atoms with E-state index in [0.29, 0.717) is 0 Å². The van der Waals surface area contributed by atoms with Crippen LogP contribution in [0.1, 0.15) is 31.9 Å². The molecule has 0 radical (unpaired) electrons. The summed E-state index contributed by atoms with van der Waals surface area (Å²) in [5, 5.41) is 10.9. The first kappa shape index (κ1) is 16.5. The lowest BCUT2D eigenvalue weighted by Gasteiger charge is -2.18. The van der Waals surface area contributed by atoms with E-state index in [-0.39, 0.29) is 17.7 Å². The first-order chi connectivity index (χ1) is 9.73. The molecule has 1 aromatic rings. The molecule has 0 saturated carbocycles. The topological polar surface area (TPSA) is 62.1 Å². The van der Waals surface area contributed by atoms with E-state index in [1.165, 1.54) is 6.07 Å². The standard InChI is InChI=1S/C15H14F2N2O2/c1-15(2,3)21-14(20)19-6-4-5-10-7-13(17)11(9-18)8-12(10)16/h7-8H,6H2,1-3H3,(H,19,20). The van der Waals surface area contributed by atoms with Crippen LogP contribution in [-0.4, -0.2) is 18.2 Å². The fraction of sp³-hybridized carbons (Fsp3) is 0.333. The number of carbonyl (C=O) groups is 1. The molecule has 0 unspecified atom stereocenters. The van der Waals surface area contributed by atoms with Crippen LogP contribution in [0.4, 0.5) is 13.6 Å². The highest BCUT2D eigenvalue weighted by atomic mass is 19.1. The van der Waals surface area contributed by atoms with Crippen molar-refractivity contribution in [2.45, 2.75) is 26.4 Å². The number of carbonyl (C=O) groups excluding carboxylic acids is 1. The Kier molecular flexibility index (Phi) is 5.26. The van der Waals surface area contributed by atoms with E-state index in [1.54, 1.807) is 20.8 Å². The zero-order valence-corrected chi connectivity index (χ0v) is 11.9. The molecule has 0 bridgehead atoms. The van der Waals surface area contributed by atoms with Crippen molar-refractivity contribution in [2.24, 2.45) is 0 Å². The van der Waals surface area contributed by atoms with Crippen LogP contribution in [-0.2, 0) is 4.74 Å². The molecule has 0 saturated heterocycles. The van der Waals surface area contributed by atoms with E-state index in [2.05, 4.69) is 17.2 Å². The number of nitrogens with one attached hydrogen (secondary N) is 1. The molecule has 0 aliphatic rings. The molecule has 0 aromatic heterocycles. The number of alkyl carbamates (subject to hydrolysis) is 1. The van der Waals surface area contributed by atoms with E-state index < -0.39 is 23.3 Å². The van der Waals surface area contributed by atoms with Gasteiger partial charge in [-0.3, -0.25) is 0 Å². The zero-order valence-electron chi connectivity index (χ0n) is 11.9. The van der Waals surface area contributed by atoms with Crippen LogP contribution in [0.5, 0.6) is 0 Å². The molecular formula is C15H14F2N2O2. The van der Waals surface area contributed by atoms with Crippen molar-refractivity contribution in [3.63, 3.8) is 0 Å². The Morgan fingerprint density at radius 2 is 1.86 bits per heavy atom. The highest BCUT2D eigenvalue weighted by Crippen LogP contribution is 2.13. The number of hydrogen-bond acceptors (Lipinski definition) is 3. The summed E-state index contributed by atoms with van der Waals surface area (Å²) in [7, 11) is 0. The largest absolute Gasteiger partial charge is 0.444 e. The van der Waals surface area contributed by atoms with Crippen LogP contribution in [0.15, 0.2) is 12.1 Å². The van der Waals surface area contributed by atoms with Crippen LogP contribution in [0.2, 0.25) is 0 Å². The monoisotopic (exact) mass is 292 g/mol. The van der Waals surface area contributed by atoms with Crippen molar-refractivity contribution >= 4 is 6.09 Å². The first-order valence-corrected chi connectivity index (χ1v) is 6.08. The van der Waals surface area contributed by atoms with Crippen molar-refractivity contribution in [1.29, 1.82) is 5.26 Å². The average molecular weight is 292 g/mol. The van der Waals surface area contributed by atoms with E-state index in [4.69, 9.17) is 10.00 Å². The van der Waals surface area contributed by atoms with Crippen LogP contribution >= 0.6 is 0 Å². The molecule has 1 N–H and O–H groups in total. The summed E-state index contributed by atoms with van der Waals surface area (Å²) in [6.45, 7) is 5.07. The van der Waals surface area contributed by atoms with Crippen LogP contribution in [0.3, 0.4) is 0 Å². The molecule has 0 aliphatic carbocycles. The van der Waals surface area contributed by atoms with Crippen LogP contribution < -0.4 is 5.32 Å². The molecule has 0 aliphatic heterocycles. The third kappa shape index (κ3) is 5.50.